The molecule has 0 radical (unpaired) electrons. The summed E-state index contributed by atoms with van der Waals surface area (Å²) >= 11 is 0. The summed E-state index contributed by atoms with van der Waals surface area (Å²) in [6, 6.07) is 7.06. The van der Waals surface area contributed by atoms with Gasteiger partial charge in [0, 0.05) is 5.41 Å². The molecule has 88 valence electrons. The molecule has 1 saturated carbocycles. The Kier molecular flexibility index (Phi) is 1.90. The Bertz CT molecular complexity index is 521. The number of rotatable bonds is 0. The fourth-order valence-corrected chi connectivity index (χ4v) is 4.50. The predicted octanol–water partition coefficient (Wildman–Crippen LogP) is 4.62. The lowest BCUT2D eigenvalue weighted by molar-refractivity contribution is 0.422. The van der Waals surface area contributed by atoms with Crippen LogP contribution in [0.4, 0.5) is 0 Å². The smallest absolute Gasteiger partial charge is 0.0145 e. The van der Waals surface area contributed by atoms with Gasteiger partial charge in [0.1, 0.15) is 0 Å². The van der Waals surface area contributed by atoms with Crippen molar-refractivity contribution in [3.05, 3.63) is 40.5 Å². The van der Waals surface area contributed by atoms with Crippen molar-refractivity contribution in [1.29, 1.82) is 0 Å². The molecule has 0 aliphatic heterocycles. The molecular formula is C17H20. The zero-order valence-corrected chi connectivity index (χ0v) is 10.7. The van der Waals surface area contributed by atoms with Crippen LogP contribution in [-0.2, 0) is 11.8 Å². The van der Waals surface area contributed by atoms with Crippen LogP contribution < -0.4 is 0 Å². The molecule has 3 aliphatic rings. The van der Waals surface area contributed by atoms with Gasteiger partial charge in [-0.3, -0.25) is 0 Å². The first kappa shape index (κ1) is 9.94. The summed E-state index contributed by atoms with van der Waals surface area (Å²) in [5.41, 5.74) is 8.95. The van der Waals surface area contributed by atoms with Crippen molar-refractivity contribution in [2.75, 3.05) is 0 Å². The lowest BCUT2D eigenvalue weighted by atomic mass is 9.70. The molecule has 0 heteroatoms. The van der Waals surface area contributed by atoms with E-state index < -0.39 is 0 Å². The van der Waals surface area contributed by atoms with E-state index in [1.807, 2.05) is 5.57 Å². The molecule has 1 atom stereocenters. The van der Waals surface area contributed by atoms with Crippen LogP contribution in [-0.4, -0.2) is 0 Å². The molecule has 4 rings (SSSR count). The van der Waals surface area contributed by atoms with Crippen LogP contribution >= 0.6 is 0 Å². The average molecular weight is 224 g/mol. The number of benzene rings is 1. The first-order valence-electron chi connectivity index (χ1n) is 7.16. The van der Waals surface area contributed by atoms with E-state index in [1.165, 1.54) is 44.9 Å². The van der Waals surface area contributed by atoms with E-state index in [1.54, 1.807) is 22.3 Å². The monoisotopic (exact) mass is 224 g/mol. The van der Waals surface area contributed by atoms with E-state index in [0.29, 0.717) is 5.41 Å². The number of hydrogen-bond donors (Lipinski definition) is 0. The van der Waals surface area contributed by atoms with Crippen molar-refractivity contribution >= 4 is 5.57 Å². The molecule has 0 N–H and O–H groups in total. The highest BCUT2D eigenvalue weighted by atomic mass is 14.5. The first-order valence-corrected chi connectivity index (χ1v) is 7.16. The Morgan fingerprint density at radius 3 is 2.88 bits per heavy atom. The van der Waals surface area contributed by atoms with Gasteiger partial charge in [-0.05, 0) is 60.8 Å². The number of fused-ring (bicyclic) bond motifs is 2. The van der Waals surface area contributed by atoms with Crippen molar-refractivity contribution in [1.82, 2.24) is 0 Å². The minimum atomic E-state index is 0.406. The molecule has 0 saturated heterocycles. The predicted molar refractivity (Wildman–Crippen MR) is 72.1 cm³/mol. The number of allylic oxidation sites excluding steroid dienone is 2. The molecule has 1 aromatic rings. The van der Waals surface area contributed by atoms with Gasteiger partial charge in [0.15, 0.2) is 0 Å². The van der Waals surface area contributed by atoms with Crippen LogP contribution in [0.25, 0.3) is 5.57 Å². The average Bonchev–Trinajstić information content (AvgIpc) is 2.63. The van der Waals surface area contributed by atoms with E-state index in [4.69, 9.17) is 0 Å². The molecule has 0 heterocycles. The molecule has 3 aliphatic carbocycles. The molecule has 0 bridgehead atoms. The normalized spacial score (nSPS) is 30.2. The fourth-order valence-electron chi connectivity index (χ4n) is 4.50. The highest BCUT2D eigenvalue weighted by Gasteiger charge is 2.43. The fraction of sp³-hybridized carbons (Fsp3) is 0.529. The number of hydrogen-bond acceptors (Lipinski definition) is 0. The van der Waals surface area contributed by atoms with E-state index in [9.17, 15) is 0 Å². The summed E-state index contributed by atoms with van der Waals surface area (Å²) in [5.74, 6) is 0. The van der Waals surface area contributed by atoms with Crippen LogP contribution in [0.15, 0.2) is 23.8 Å². The molecule has 0 aromatic heterocycles. The minimum absolute atomic E-state index is 0.406. The second-order valence-corrected chi connectivity index (χ2v) is 6.19. The molecule has 0 spiro atoms. The Labute approximate surface area is 104 Å². The molecule has 1 aromatic carbocycles. The van der Waals surface area contributed by atoms with Gasteiger partial charge in [-0.25, -0.2) is 0 Å². The third-order valence-electron chi connectivity index (χ3n) is 5.30. The zero-order valence-electron chi connectivity index (χ0n) is 10.7. The summed E-state index contributed by atoms with van der Waals surface area (Å²) in [6.07, 6.45) is 9.58. The third kappa shape index (κ3) is 1.14. The topological polar surface area (TPSA) is 0 Å². The zero-order chi connectivity index (χ0) is 11.5. The van der Waals surface area contributed by atoms with Gasteiger partial charge in [-0.2, -0.15) is 0 Å². The van der Waals surface area contributed by atoms with Gasteiger partial charge in [0.2, 0.25) is 0 Å². The molecule has 17 heavy (non-hydrogen) atoms. The number of aryl methyl sites for hydroxylation is 1. The van der Waals surface area contributed by atoms with E-state index in [0.717, 1.165) is 0 Å². The Hall–Kier alpha value is -1.04. The van der Waals surface area contributed by atoms with Gasteiger partial charge in [0.05, 0.1) is 0 Å². The van der Waals surface area contributed by atoms with Crippen LogP contribution in [0.1, 0.15) is 62.1 Å². The summed E-state index contributed by atoms with van der Waals surface area (Å²) in [7, 11) is 0. The first-order chi connectivity index (χ1) is 8.31. The highest BCUT2D eigenvalue weighted by Crippen LogP contribution is 2.56. The van der Waals surface area contributed by atoms with Gasteiger partial charge in [0.25, 0.3) is 0 Å². The summed E-state index contributed by atoms with van der Waals surface area (Å²) in [4.78, 5) is 0. The SMILES string of the molecule is CC12CCCCC1=C1CCCc3cccc2c31. The maximum absolute atomic E-state index is 2.50. The van der Waals surface area contributed by atoms with Crippen molar-refractivity contribution in [2.24, 2.45) is 0 Å². The summed E-state index contributed by atoms with van der Waals surface area (Å²) in [6.45, 7) is 2.50. The largest absolute Gasteiger partial charge is 0.0616 e. The van der Waals surface area contributed by atoms with Gasteiger partial charge in [-0.1, -0.05) is 37.1 Å². The van der Waals surface area contributed by atoms with Crippen molar-refractivity contribution in [3.8, 4) is 0 Å². The maximum atomic E-state index is 2.50. The van der Waals surface area contributed by atoms with Crippen LogP contribution in [0.2, 0.25) is 0 Å². The minimum Gasteiger partial charge on any atom is -0.0616 e. The third-order valence-corrected chi connectivity index (χ3v) is 5.30. The summed E-state index contributed by atoms with van der Waals surface area (Å²) in [5, 5.41) is 0. The molecule has 1 unspecified atom stereocenters. The van der Waals surface area contributed by atoms with Crippen molar-refractivity contribution in [2.45, 2.75) is 57.3 Å². The van der Waals surface area contributed by atoms with Crippen molar-refractivity contribution < 1.29 is 0 Å². The Morgan fingerprint density at radius 2 is 1.94 bits per heavy atom. The second kappa shape index (κ2) is 3.25. The molecule has 0 nitrogen and oxygen atoms in total. The van der Waals surface area contributed by atoms with Crippen molar-refractivity contribution in [3.63, 3.8) is 0 Å². The highest BCUT2D eigenvalue weighted by molar-refractivity contribution is 5.83. The lowest BCUT2D eigenvalue weighted by Crippen LogP contribution is -2.25. The van der Waals surface area contributed by atoms with Gasteiger partial charge in [-0.15, -0.1) is 0 Å². The lowest BCUT2D eigenvalue weighted by Gasteiger charge is -2.34. The van der Waals surface area contributed by atoms with E-state index in [2.05, 4.69) is 25.1 Å². The Balaban J connectivity index is 2.04. The quantitative estimate of drug-likeness (QED) is 0.603. The van der Waals surface area contributed by atoms with Crippen LogP contribution in [0.5, 0.6) is 0 Å². The van der Waals surface area contributed by atoms with Crippen LogP contribution in [0, 0.1) is 0 Å². The van der Waals surface area contributed by atoms with Gasteiger partial charge >= 0.3 is 0 Å². The second-order valence-electron chi connectivity index (χ2n) is 6.19. The maximum Gasteiger partial charge on any atom is 0.0145 e. The van der Waals surface area contributed by atoms with E-state index in [-0.39, 0.29) is 0 Å². The Morgan fingerprint density at radius 1 is 1.00 bits per heavy atom. The van der Waals surface area contributed by atoms with Crippen LogP contribution in [0.3, 0.4) is 0 Å². The standard InChI is InChI=1S/C17H20/c1-17-11-3-2-9-14(17)13-8-4-6-12-7-5-10-15(17)16(12)13/h5,7,10H,2-4,6,8-9,11H2,1H3. The van der Waals surface area contributed by atoms with E-state index >= 15 is 0 Å². The molecular weight excluding hydrogens is 204 g/mol. The molecule has 0 amide bonds. The summed E-state index contributed by atoms with van der Waals surface area (Å²) < 4.78 is 0. The van der Waals surface area contributed by atoms with Gasteiger partial charge < -0.3 is 0 Å². The molecule has 1 fully saturated rings.